The second kappa shape index (κ2) is 9.37. The first-order valence-electron chi connectivity index (χ1n) is 11.5. The van der Waals surface area contributed by atoms with E-state index in [-0.39, 0.29) is 24.3 Å². The lowest BCUT2D eigenvalue weighted by Crippen LogP contribution is -2.45. The van der Waals surface area contributed by atoms with Crippen molar-refractivity contribution in [1.82, 2.24) is 20.4 Å². The third-order valence-corrected chi connectivity index (χ3v) is 6.49. The van der Waals surface area contributed by atoms with Crippen molar-refractivity contribution < 1.29 is 18.1 Å². The molecule has 0 aliphatic carbocycles. The van der Waals surface area contributed by atoms with Gasteiger partial charge in [0.15, 0.2) is 0 Å². The highest BCUT2D eigenvalue weighted by Gasteiger charge is 2.36. The van der Waals surface area contributed by atoms with Gasteiger partial charge in [0.1, 0.15) is 11.6 Å². The quantitative estimate of drug-likeness (QED) is 0.358. The lowest BCUT2D eigenvalue weighted by atomic mass is 9.92. The number of carbonyl (C=O) groups is 1. The van der Waals surface area contributed by atoms with E-state index in [0.29, 0.717) is 22.4 Å². The monoisotopic (exact) mass is 486 g/mol. The van der Waals surface area contributed by atoms with Gasteiger partial charge in [0, 0.05) is 16.8 Å². The number of urea groups is 1. The van der Waals surface area contributed by atoms with E-state index in [9.17, 15) is 13.6 Å². The molecule has 182 valence electrons. The third-order valence-electron chi connectivity index (χ3n) is 6.49. The Morgan fingerprint density at radius 1 is 0.972 bits per heavy atom. The summed E-state index contributed by atoms with van der Waals surface area (Å²) in [4.78, 5) is 19.2. The van der Waals surface area contributed by atoms with Crippen LogP contribution in [0, 0.1) is 25.5 Å². The highest BCUT2D eigenvalue weighted by atomic mass is 19.1. The number of nitrogens with zero attached hydrogens (tertiary/aromatic N) is 3. The van der Waals surface area contributed by atoms with E-state index < -0.39 is 17.7 Å². The van der Waals surface area contributed by atoms with Gasteiger partial charge in [-0.2, -0.15) is 4.98 Å². The van der Waals surface area contributed by atoms with Crippen LogP contribution in [0.3, 0.4) is 0 Å². The average molecular weight is 487 g/mol. The van der Waals surface area contributed by atoms with E-state index >= 15 is 0 Å². The molecule has 6 nitrogen and oxygen atoms in total. The van der Waals surface area contributed by atoms with Crippen LogP contribution in [-0.2, 0) is 6.54 Å². The Hall–Kier alpha value is -4.33. The lowest BCUT2D eigenvalue weighted by molar-refractivity contribution is 0.202. The summed E-state index contributed by atoms with van der Waals surface area (Å²) >= 11 is 0. The summed E-state index contributed by atoms with van der Waals surface area (Å²) in [5.74, 6) is -0.403. The number of hydrogen-bond donors (Lipinski definition) is 1. The van der Waals surface area contributed by atoms with Gasteiger partial charge < -0.3 is 9.84 Å². The third kappa shape index (κ3) is 4.37. The number of amides is 2. The van der Waals surface area contributed by atoms with Crippen molar-refractivity contribution in [3.63, 3.8) is 0 Å². The molecule has 2 amide bonds. The predicted molar refractivity (Wildman–Crippen MR) is 131 cm³/mol. The number of nitrogens with one attached hydrogen (secondary N) is 1. The number of halogens is 2. The maximum atomic E-state index is 14.4. The minimum Gasteiger partial charge on any atom is -0.334 e. The van der Waals surface area contributed by atoms with Gasteiger partial charge in [-0.05, 0) is 55.7 Å². The number of aromatic nitrogens is 2. The summed E-state index contributed by atoms with van der Waals surface area (Å²) in [5.41, 5.74) is 5.02. The van der Waals surface area contributed by atoms with E-state index in [0.717, 1.165) is 16.7 Å². The molecule has 0 saturated carbocycles. The number of allylic oxidation sites excluding steroid dienone is 1. The first-order valence-corrected chi connectivity index (χ1v) is 11.5. The largest absolute Gasteiger partial charge is 0.334 e. The van der Waals surface area contributed by atoms with Crippen LogP contribution in [0.4, 0.5) is 13.6 Å². The first-order chi connectivity index (χ1) is 17.3. The highest BCUT2D eigenvalue weighted by Crippen LogP contribution is 2.38. The van der Waals surface area contributed by atoms with Gasteiger partial charge in [0.2, 0.25) is 5.82 Å². The summed E-state index contributed by atoms with van der Waals surface area (Å²) in [7, 11) is 0. The van der Waals surface area contributed by atoms with Gasteiger partial charge in [-0.25, -0.2) is 13.6 Å². The van der Waals surface area contributed by atoms with E-state index in [1.54, 1.807) is 37.3 Å². The van der Waals surface area contributed by atoms with Crippen LogP contribution in [-0.4, -0.2) is 21.1 Å². The number of hydrogen-bond acceptors (Lipinski definition) is 4. The molecule has 1 aliphatic rings. The van der Waals surface area contributed by atoms with E-state index in [4.69, 9.17) is 4.52 Å². The van der Waals surface area contributed by atoms with Crippen LogP contribution < -0.4 is 5.32 Å². The molecular weight excluding hydrogens is 462 g/mol. The van der Waals surface area contributed by atoms with Crippen LogP contribution in [0.2, 0.25) is 0 Å². The summed E-state index contributed by atoms with van der Waals surface area (Å²) < 4.78 is 33.8. The van der Waals surface area contributed by atoms with Crippen molar-refractivity contribution in [3.8, 4) is 11.4 Å². The molecule has 3 aromatic carbocycles. The number of aryl methyl sites for hydroxylation is 2. The Kier molecular flexibility index (Phi) is 6.10. The lowest BCUT2D eigenvalue weighted by Gasteiger charge is -2.35. The average Bonchev–Trinajstić information content (AvgIpc) is 3.34. The zero-order valence-electron chi connectivity index (χ0n) is 20.0. The molecule has 0 saturated heterocycles. The molecule has 5 rings (SSSR count). The number of benzene rings is 3. The Morgan fingerprint density at radius 3 is 2.53 bits per heavy atom. The van der Waals surface area contributed by atoms with E-state index in [1.165, 1.54) is 23.1 Å². The zero-order valence-corrected chi connectivity index (χ0v) is 20.0. The van der Waals surface area contributed by atoms with Crippen LogP contribution in [0.15, 0.2) is 77.0 Å². The van der Waals surface area contributed by atoms with Crippen molar-refractivity contribution in [2.45, 2.75) is 33.4 Å². The molecule has 1 aromatic heterocycles. The van der Waals surface area contributed by atoms with E-state index in [2.05, 4.69) is 15.5 Å². The van der Waals surface area contributed by atoms with Crippen LogP contribution in [0.1, 0.15) is 41.1 Å². The van der Waals surface area contributed by atoms with Gasteiger partial charge in [0.25, 0.3) is 5.89 Å². The molecule has 0 fully saturated rings. The van der Waals surface area contributed by atoms with Crippen LogP contribution in [0.5, 0.6) is 0 Å². The smallest absolute Gasteiger partial charge is 0.322 e. The fourth-order valence-corrected chi connectivity index (χ4v) is 4.32. The Balaban J connectivity index is 1.62. The summed E-state index contributed by atoms with van der Waals surface area (Å²) in [6.07, 6.45) is 0. The number of rotatable bonds is 5. The minimum absolute atomic E-state index is 0.0262. The molecule has 36 heavy (non-hydrogen) atoms. The van der Waals surface area contributed by atoms with E-state index in [1.807, 2.05) is 32.0 Å². The fourth-order valence-electron chi connectivity index (χ4n) is 4.32. The molecule has 1 N–H and O–H groups in total. The van der Waals surface area contributed by atoms with Crippen LogP contribution >= 0.6 is 0 Å². The molecule has 1 atom stereocenters. The van der Waals surface area contributed by atoms with Crippen molar-refractivity contribution in [2.75, 3.05) is 0 Å². The van der Waals surface area contributed by atoms with Crippen molar-refractivity contribution >= 4 is 11.6 Å². The minimum atomic E-state index is -0.575. The normalized spacial score (nSPS) is 15.9. The molecule has 1 aliphatic heterocycles. The van der Waals surface area contributed by atoms with Crippen molar-refractivity contribution in [2.24, 2.45) is 0 Å². The first kappa shape index (κ1) is 23.4. The zero-order chi connectivity index (χ0) is 25.4. The maximum absolute atomic E-state index is 14.4. The van der Waals surface area contributed by atoms with Crippen molar-refractivity contribution in [3.05, 3.63) is 112 Å². The Bertz CT molecular complexity index is 1490. The molecule has 0 bridgehead atoms. The standard InChI is InChI=1S/C28H24F2N4O2/c1-16-11-12-19(13-17(16)2)25-24(27-32-26(33-36-27)20-8-6-9-22(29)14-20)18(3)34(28(35)31-25)15-21-7-4-5-10-23(21)30/h4-14,25H,15H2,1-3H3,(H,31,35). The molecule has 4 aromatic rings. The summed E-state index contributed by atoms with van der Waals surface area (Å²) in [6, 6.07) is 17.2. The molecule has 1 unspecified atom stereocenters. The van der Waals surface area contributed by atoms with Crippen LogP contribution in [0.25, 0.3) is 17.0 Å². The molecule has 0 spiro atoms. The van der Waals surface area contributed by atoms with Gasteiger partial charge in [0.05, 0.1) is 18.2 Å². The summed E-state index contributed by atoms with van der Waals surface area (Å²) in [6.45, 7) is 5.81. The second-order valence-electron chi connectivity index (χ2n) is 8.84. The molecule has 8 heteroatoms. The Labute approximate surface area is 207 Å². The summed E-state index contributed by atoms with van der Waals surface area (Å²) in [5, 5.41) is 7.09. The fraction of sp³-hybridized carbons (Fsp3) is 0.179. The number of carbonyl (C=O) groups excluding carboxylic acids is 1. The topological polar surface area (TPSA) is 71.3 Å². The highest BCUT2D eigenvalue weighted by molar-refractivity contribution is 5.87. The van der Waals surface area contributed by atoms with Gasteiger partial charge in [-0.3, -0.25) is 4.90 Å². The molecule has 0 radical (unpaired) electrons. The molecular formula is C28H24F2N4O2. The molecule has 2 heterocycles. The van der Waals surface area contributed by atoms with Gasteiger partial charge in [-0.15, -0.1) is 0 Å². The SMILES string of the molecule is CC1=C(c2nc(-c3cccc(F)c3)no2)C(c2ccc(C)c(C)c2)NC(=O)N1Cc1ccccc1F. The predicted octanol–water partition coefficient (Wildman–Crippen LogP) is 6.33. The Morgan fingerprint density at radius 2 is 1.78 bits per heavy atom. The maximum Gasteiger partial charge on any atom is 0.322 e. The van der Waals surface area contributed by atoms with Gasteiger partial charge in [-0.1, -0.05) is 53.7 Å². The van der Waals surface area contributed by atoms with Crippen molar-refractivity contribution in [1.29, 1.82) is 0 Å². The second-order valence-corrected chi connectivity index (χ2v) is 8.84. The van der Waals surface area contributed by atoms with Gasteiger partial charge >= 0.3 is 6.03 Å².